The molecule has 2 heterocycles. The summed E-state index contributed by atoms with van der Waals surface area (Å²) in [5, 5.41) is 2.78. The van der Waals surface area contributed by atoms with Gasteiger partial charge in [-0.25, -0.2) is 9.97 Å². The normalized spacial score (nSPS) is 10.4. The summed E-state index contributed by atoms with van der Waals surface area (Å²) in [7, 11) is 3.12. The van der Waals surface area contributed by atoms with Crippen molar-refractivity contribution in [3.8, 4) is 23.1 Å². The fraction of sp³-hybridized carbons (Fsp3) is 0.211. The van der Waals surface area contributed by atoms with Crippen LogP contribution in [0.15, 0.2) is 47.0 Å². The summed E-state index contributed by atoms with van der Waals surface area (Å²) < 4.78 is 16.0. The number of carbonyl (C=O) groups is 1. The van der Waals surface area contributed by atoms with Gasteiger partial charge in [-0.15, -0.1) is 0 Å². The summed E-state index contributed by atoms with van der Waals surface area (Å²) in [5.74, 6) is 1.95. The molecule has 3 aromatic rings. The Hall–Kier alpha value is -3.35. The number of aromatic nitrogens is 2. The van der Waals surface area contributed by atoms with Gasteiger partial charge in [-0.2, -0.15) is 0 Å². The Morgan fingerprint density at radius 3 is 2.65 bits per heavy atom. The van der Waals surface area contributed by atoms with E-state index in [0.29, 0.717) is 34.7 Å². The van der Waals surface area contributed by atoms with Gasteiger partial charge in [0.15, 0.2) is 0 Å². The standard InChI is InChI=1S/C19H19N3O4/c1-12-15(10-17(23)21-13-8-9-18(25-3)20-11-13)22-19(26-12)14-6-4-5-7-16(14)24-2/h4-9,11H,10H2,1-3H3,(H,21,23). The molecule has 0 spiro atoms. The highest BCUT2D eigenvalue weighted by molar-refractivity contribution is 5.92. The molecule has 7 nitrogen and oxygen atoms in total. The third kappa shape index (κ3) is 3.83. The second-order valence-corrected chi connectivity index (χ2v) is 5.54. The maximum Gasteiger partial charge on any atom is 0.230 e. The minimum absolute atomic E-state index is 0.0938. The molecule has 7 heteroatoms. The lowest BCUT2D eigenvalue weighted by atomic mass is 10.2. The van der Waals surface area contributed by atoms with Gasteiger partial charge < -0.3 is 19.2 Å². The number of nitrogens with zero attached hydrogens (tertiary/aromatic N) is 2. The number of pyridine rings is 1. The largest absolute Gasteiger partial charge is 0.496 e. The van der Waals surface area contributed by atoms with Gasteiger partial charge >= 0.3 is 0 Å². The van der Waals surface area contributed by atoms with E-state index in [1.54, 1.807) is 26.2 Å². The molecular formula is C19H19N3O4. The number of rotatable bonds is 6. The second kappa shape index (κ2) is 7.69. The SMILES string of the molecule is COc1ccc(NC(=O)Cc2nc(-c3ccccc3OC)oc2C)cn1. The molecule has 26 heavy (non-hydrogen) atoms. The van der Waals surface area contributed by atoms with E-state index in [-0.39, 0.29) is 12.3 Å². The van der Waals surface area contributed by atoms with Crippen LogP contribution >= 0.6 is 0 Å². The molecule has 0 fully saturated rings. The van der Waals surface area contributed by atoms with Crippen LogP contribution in [-0.4, -0.2) is 30.1 Å². The number of aryl methyl sites for hydroxylation is 1. The van der Waals surface area contributed by atoms with Crippen LogP contribution in [0, 0.1) is 6.92 Å². The molecule has 3 rings (SSSR count). The quantitative estimate of drug-likeness (QED) is 0.732. The van der Waals surface area contributed by atoms with Crippen LogP contribution in [0.25, 0.3) is 11.5 Å². The Morgan fingerprint density at radius 2 is 1.96 bits per heavy atom. The van der Waals surface area contributed by atoms with E-state index in [0.717, 1.165) is 5.56 Å². The van der Waals surface area contributed by atoms with Crippen LogP contribution in [0.2, 0.25) is 0 Å². The number of hydrogen-bond donors (Lipinski definition) is 1. The number of methoxy groups -OCH3 is 2. The molecule has 0 saturated carbocycles. The molecule has 0 atom stereocenters. The fourth-order valence-corrected chi connectivity index (χ4v) is 2.46. The minimum atomic E-state index is -0.208. The lowest BCUT2D eigenvalue weighted by Crippen LogP contribution is -2.15. The van der Waals surface area contributed by atoms with Crippen molar-refractivity contribution in [2.24, 2.45) is 0 Å². The lowest BCUT2D eigenvalue weighted by Gasteiger charge is -2.05. The third-order valence-corrected chi connectivity index (χ3v) is 3.79. The van der Waals surface area contributed by atoms with E-state index in [2.05, 4.69) is 15.3 Å². The predicted octanol–water partition coefficient (Wildman–Crippen LogP) is 3.24. The average Bonchev–Trinajstić information content (AvgIpc) is 3.02. The smallest absolute Gasteiger partial charge is 0.230 e. The molecule has 1 aromatic carbocycles. The average molecular weight is 353 g/mol. The molecule has 0 aliphatic carbocycles. The zero-order chi connectivity index (χ0) is 18.5. The predicted molar refractivity (Wildman–Crippen MR) is 96.4 cm³/mol. The first-order chi connectivity index (χ1) is 12.6. The summed E-state index contributed by atoms with van der Waals surface area (Å²) in [6.45, 7) is 1.78. The number of para-hydroxylation sites is 1. The van der Waals surface area contributed by atoms with Gasteiger partial charge in [0.05, 0.1) is 43.8 Å². The topological polar surface area (TPSA) is 86.5 Å². The third-order valence-electron chi connectivity index (χ3n) is 3.79. The van der Waals surface area contributed by atoms with E-state index < -0.39 is 0 Å². The highest BCUT2D eigenvalue weighted by Crippen LogP contribution is 2.30. The number of carbonyl (C=O) groups excluding carboxylic acids is 1. The van der Waals surface area contributed by atoms with Crippen LogP contribution in [0.4, 0.5) is 5.69 Å². The van der Waals surface area contributed by atoms with Gasteiger partial charge in [0.2, 0.25) is 17.7 Å². The Labute approximate surface area is 151 Å². The molecule has 0 saturated heterocycles. The number of hydrogen-bond acceptors (Lipinski definition) is 6. The summed E-state index contributed by atoms with van der Waals surface area (Å²) in [4.78, 5) is 20.8. The second-order valence-electron chi connectivity index (χ2n) is 5.54. The van der Waals surface area contributed by atoms with Crippen molar-refractivity contribution in [1.29, 1.82) is 0 Å². The van der Waals surface area contributed by atoms with Crippen molar-refractivity contribution in [2.45, 2.75) is 13.3 Å². The molecule has 1 amide bonds. The zero-order valence-corrected chi connectivity index (χ0v) is 14.8. The number of oxazole rings is 1. The highest BCUT2D eigenvalue weighted by atomic mass is 16.5. The van der Waals surface area contributed by atoms with E-state index >= 15 is 0 Å². The highest BCUT2D eigenvalue weighted by Gasteiger charge is 2.17. The van der Waals surface area contributed by atoms with Crippen molar-refractivity contribution < 1.29 is 18.7 Å². The number of ether oxygens (including phenoxy) is 2. The molecule has 2 aromatic heterocycles. The van der Waals surface area contributed by atoms with Gasteiger partial charge in [0.25, 0.3) is 0 Å². The Kier molecular flexibility index (Phi) is 5.17. The van der Waals surface area contributed by atoms with Crippen molar-refractivity contribution in [3.63, 3.8) is 0 Å². The van der Waals surface area contributed by atoms with Crippen LogP contribution in [0.3, 0.4) is 0 Å². The molecule has 0 unspecified atom stereocenters. The first kappa shape index (κ1) is 17.5. The van der Waals surface area contributed by atoms with Crippen LogP contribution in [0.5, 0.6) is 11.6 Å². The number of amides is 1. The molecule has 0 aliphatic rings. The van der Waals surface area contributed by atoms with Gasteiger partial charge in [-0.05, 0) is 25.1 Å². The van der Waals surface area contributed by atoms with Gasteiger partial charge in [0, 0.05) is 6.07 Å². The fourth-order valence-electron chi connectivity index (χ4n) is 2.46. The Balaban J connectivity index is 1.73. The summed E-state index contributed by atoms with van der Waals surface area (Å²) in [6.07, 6.45) is 1.63. The Morgan fingerprint density at radius 1 is 1.15 bits per heavy atom. The maximum atomic E-state index is 12.3. The van der Waals surface area contributed by atoms with E-state index in [1.807, 2.05) is 24.3 Å². The number of anilines is 1. The van der Waals surface area contributed by atoms with Crippen molar-refractivity contribution in [1.82, 2.24) is 9.97 Å². The van der Waals surface area contributed by atoms with Crippen molar-refractivity contribution >= 4 is 11.6 Å². The molecular weight excluding hydrogens is 334 g/mol. The van der Waals surface area contributed by atoms with Gasteiger partial charge in [-0.1, -0.05) is 12.1 Å². The summed E-state index contributed by atoms with van der Waals surface area (Å²) >= 11 is 0. The first-order valence-corrected chi connectivity index (χ1v) is 8.00. The molecule has 0 radical (unpaired) electrons. The molecule has 1 N–H and O–H groups in total. The zero-order valence-electron chi connectivity index (χ0n) is 14.8. The van der Waals surface area contributed by atoms with Crippen molar-refractivity contribution in [3.05, 3.63) is 54.0 Å². The van der Waals surface area contributed by atoms with Crippen molar-refractivity contribution in [2.75, 3.05) is 19.5 Å². The molecule has 134 valence electrons. The maximum absolute atomic E-state index is 12.3. The molecule has 0 bridgehead atoms. The van der Waals surface area contributed by atoms with E-state index in [4.69, 9.17) is 13.9 Å². The van der Waals surface area contributed by atoms with Gasteiger partial charge in [0.1, 0.15) is 11.5 Å². The monoisotopic (exact) mass is 353 g/mol. The number of nitrogens with one attached hydrogen (secondary N) is 1. The summed E-state index contributed by atoms with van der Waals surface area (Å²) in [6, 6.07) is 10.8. The van der Waals surface area contributed by atoms with E-state index in [1.165, 1.54) is 13.3 Å². The van der Waals surface area contributed by atoms with Crippen LogP contribution in [0.1, 0.15) is 11.5 Å². The number of benzene rings is 1. The lowest BCUT2D eigenvalue weighted by molar-refractivity contribution is -0.115. The molecule has 0 aliphatic heterocycles. The Bertz CT molecular complexity index is 903. The van der Waals surface area contributed by atoms with E-state index in [9.17, 15) is 4.79 Å². The van der Waals surface area contributed by atoms with Crippen LogP contribution < -0.4 is 14.8 Å². The van der Waals surface area contributed by atoms with Gasteiger partial charge in [-0.3, -0.25) is 4.79 Å². The summed E-state index contributed by atoms with van der Waals surface area (Å²) in [5.41, 5.74) is 1.90. The minimum Gasteiger partial charge on any atom is -0.496 e. The first-order valence-electron chi connectivity index (χ1n) is 8.00. The van der Waals surface area contributed by atoms with Crippen LogP contribution in [-0.2, 0) is 11.2 Å².